The fourth-order valence-corrected chi connectivity index (χ4v) is 3.48. The van der Waals surface area contributed by atoms with Gasteiger partial charge in [0.25, 0.3) is 0 Å². The second-order valence-electron chi connectivity index (χ2n) is 10.3. The van der Waals surface area contributed by atoms with Crippen molar-refractivity contribution >= 4 is 17.5 Å². The minimum atomic E-state index is -0.717. The lowest BCUT2D eigenvalue weighted by molar-refractivity contribution is -0.140. The molecule has 0 aliphatic heterocycles. The van der Waals surface area contributed by atoms with Gasteiger partial charge in [0, 0.05) is 25.8 Å². The predicted molar refractivity (Wildman–Crippen MR) is 124 cm³/mol. The maximum absolute atomic E-state index is 13.0. The van der Waals surface area contributed by atoms with Crippen LogP contribution in [0.25, 0.3) is 0 Å². The van der Waals surface area contributed by atoms with Crippen LogP contribution < -0.4 is 5.73 Å². The van der Waals surface area contributed by atoms with E-state index in [9.17, 15) is 19.5 Å². The van der Waals surface area contributed by atoms with Crippen LogP contribution in [-0.2, 0) is 20.8 Å². The van der Waals surface area contributed by atoms with E-state index in [2.05, 4.69) is 20.8 Å². The maximum Gasteiger partial charge on any atom is 0.226 e. The third-order valence-corrected chi connectivity index (χ3v) is 5.30. The van der Waals surface area contributed by atoms with Gasteiger partial charge in [0.2, 0.25) is 5.91 Å². The van der Waals surface area contributed by atoms with Crippen molar-refractivity contribution in [1.29, 1.82) is 0 Å². The molecule has 0 aromatic heterocycles. The van der Waals surface area contributed by atoms with E-state index < -0.39 is 12.0 Å². The van der Waals surface area contributed by atoms with Crippen LogP contribution >= 0.6 is 0 Å². The number of benzene rings is 1. The van der Waals surface area contributed by atoms with E-state index in [-0.39, 0.29) is 47.5 Å². The Balaban J connectivity index is 2.72. The number of nitrogens with two attached hydrogens (primary N) is 1. The molecule has 6 nitrogen and oxygen atoms in total. The van der Waals surface area contributed by atoms with Gasteiger partial charge < -0.3 is 15.7 Å². The van der Waals surface area contributed by atoms with Gasteiger partial charge in [0.05, 0.1) is 12.6 Å². The number of carbonyl (C=O) groups excluding carboxylic acids is 3. The van der Waals surface area contributed by atoms with Gasteiger partial charge in [0.15, 0.2) is 11.6 Å². The van der Waals surface area contributed by atoms with Crippen LogP contribution in [-0.4, -0.2) is 47.1 Å². The first-order chi connectivity index (χ1) is 14.3. The molecule has 0 aliphatic rings. The first-order valence-electron chi connectivity index (χ1n) is 11.1. The van der Waals surface area contributed by atoms with Crippen molar-refractivity contribution in [2.24, 2.45) is 23.0 Å². The quantitative estimate of drug-likeness (QED) is 0.524. The largest absolute Gasteiger partial charge is 0.508 e. The number of rotatable bonds is 12. The lowest BCUT2D eigenvalue weighted by Crippen LogP contribution is -2.41. The molecule has 1 rings (SSSR count). The van der Waals surface area contributed by atoms with Crippen molar-refractivity contribution in [1.82, 2.24) is 4.90 Å². The summed E-state index contributed by atoms with van der Waals surface area (Å²) in [5, 5.41) is 9.39. The van der Waals surface area contributed by atoms with E-state index in [1.165, 1.54) is 4.90 Å². The Bertz CT molecular complexity index is 735. The molecule has 0 radical (unpaired) electrons. The van der Waals surface area contributed by atoms with Gasteiger partial charge in [-0.15, -0.1) is 0 Å². The number of ketones is 2. The zero-order valence-electron chi connectivity index (χ0n) is 20.0. The van der Waals surface area contributed by atoms with Crippen LogP contribution in [0.4, 0.5) is 0 Å². The van der Waals surface area contributed by atoms with Gasteiger partial charge in [-0.25, -0.2) is 0 Å². The molecule has 174 valence electrons. The van der Waals surface area contributed by atoms with Crippen LogP contribution in [0.1, 0.15) is 65.9 Å². The molecule has 0 heterocycles. The number of phenols is 1. The Morgan fingerprint density at radius 2 is 1.68 bits per heavy atom. The van der Waals surface area contributed by atoms with Gasteiger partial charge in [0.1, 0.15) is 5.75 Å². The van der Waals surface area contributed by atoms with Gasteiger partial charge in [-0.1, -0.05) is 46.8 Å². The molecule has 6 heteroatoms. The monoisotopic (exact) mass is 432 g/mol. The third kappa shape index (κ3) is 10.6. The fraction of sp³-hybridized carbons (Fsp3) is 0.640. The number of amides is 1. The molecule has 0 fully saturated rings. The first-order valence-corrected chi connectivity index (χ1v) is 11.1. The molecule has 0 spiro atoms. The minimum Gasteiger partial charge on any atom is -0.508 e. The van der Waals surface area contributed by atoms with Crippen molar-refractivity contribution in [3.63, 3.8) is 0 Å². The van der Waals surface area contributed by atoms with E-state index in [0.29, 0.717) is 19.3 Å². The SMILES string of the molecule is CC(C)C[C@@H](CC(=O)[C@@H](N)Cc1ccc(O)cc1)C(=O)N(C)CC(=O)CCC(C)(C)C. The minimum absolute atomic E-state index is 0.0319. The number of aromatic hydroxyl groups is 1. The van der Waals surface area contributed by atoms with Gasteiger partial charge >= 0.3 is 0 Å². The number of carbonyl (C=O) groups is 3. The van der Waals surface area contributed by atoms with E-state index in [4.69, 9.17) is 5.73 Å². The van der Waals surface area contributed by atoms with E-state index in [1.807, 2.05) is 13.8 Å². The Morgan fingerprint density at radius 1 is 1.10 bits per heavy atom. The highest BCUT2D eigenvalue weighted by Gasteiger charge is 2.28. The second kappa shape index (κ2) is 12.0. The molecule has 0 saturated heterocycles. The Kier molecular flexibility index (Phi) is 10.4. The summed E-state index contributed by atoms with van der Waals surface area (Å²) in [6.45, 7) is 10.3. The van der Waals surface area contributed by atoms with Crippen LogP contribution in [0.2, 0.25) is 0 Å². The molecule has 31 heavy (non-hydrogen) atoms. The van der Waals surface area contributed by atoms with Gasteiger partial charge in [-0.3, -0.25) is 14.4 Å². The molecule has 1 aromatic carbocycles. The average molecular weight is 433 g/mol. The first kappa shape index (κ1) is 26.8. The summed E-state index contributed by atoms with van der Waals surface area (Å²) in [6.07, 6.45) is 2.19. The second-order valence-corrected chi connectivity index (χ2v) is 10.3. The molecule has 0 unspecified atom stereocenters. The van der Waals surface area contributed by atoms with Crippen molar-refractivity contribution < 1.29 is 19.5 Å². The zero-order valence-corrected chi connectivity index (χ0v) is 20.0. The highest BCUT2D eigenvalue weighted by molar-refractivity contribution is 5.91. The average Bonchev–Trinajstić information content (AvgIpc) is 2.66. The molecule has 1 amide bonds. The molecule has 2 atom stereocenters. The Morgan fingerprint density at radius 3 is 2.19 bits per heavy atom. The normalized spacial score (nSPS) is 13.7. The zero-order chi connectivity index (χ0) is 23.8. The molecule has 0 saturated carbocycles. The van der Waals surface area contributed by atoms with Gasteiger partial charge in [-0.2, -0.15) is 0 Å². The maximum atomic E-state index is 13.0. The van der Waals surface area contributed by atoms with Crippen LogP contribution in [0.15, 0.2) is 24.3 Å². The Labute approximate surface area is 187 Å². The van der Waals surface area contributed by atoms with Crippen LogP contribution in [0.5, 0.6) is 5.75 Å². The van der Waals surface area contributed by atoms with Crippen LogP contribution in [0, 0.1) is 17.3 Å². The summed E-state index contributed by atoms with van der Waals surface area (Å²) in [5.74, 6) is -0.405. The predicted octanol–water partition coefficient (Wildman–Crippen LogP) is 3.74. The van der Waals surface area contributed by atoms with Crippen molar-refractivity contribution in [2.75, 3.05) is 13.6 Å². The lowest BCUT2D eigenvalue weighted by Gasteiger charge is -2.25. The Hall–Kier alpha value is -2.21. The van der Waals surface area contributed by atoms with E-state index in [0.717, 1.165) is 12.0 Å². The summed E-state index contributed by atoms with van der Waals surface area (Å²) in [4.78, 5) is 39.5. The molecular weight excluding hydrogens is 392 g/mol. The number of nitrogens with zero attached hydrogens (tertiary/aromatic N) is 1. The standard InChI is InChI=1S/C25H40N2O4/c1-17(2)13-19(24(31)27(6)16-21(29)11-12-25(3,4)5)15-23(30)22(26)14-18-7-9-20(28)10-8-18/h7-10,17,19,22,28H,11-16,26H2,1-6H3/t19-,22-/m0/s1. The number of likely N-dealkylation sites (N-methyl/N-ethyl adjacent to an activating group) is 1. The molecule has 3 N–H and O–H groups in total. The smallest absolute Gasteiger partial charge is 0.226 e. The van der Waals surface area contributed by atoms with E-state index in [1.54, 1.807) is 31.3 Å². The number of hydrogen-bond acceptors (Lipinski definition) is 5. The topological polar surface area (TPSA) is 101 Å². The van der Waals surface area contributed by atoms with Crippen molar-refractivity contribution in [3.8, 4) is 5.75 Å². The van der Waals surface area contributed by atoms with Crippen LogP contribution in [0.3, 0.4) is 0 Å². The summed E-state index contributed by atoms with van der Waals surface area (Å²) in [5.41, 5.74) is 7.03. The summed E-state index contributed by atoms with van der Waals surface area (Å²) >= 11 is 0. The van der Waals surface area contributed by atoms with E-state index >= 15 is 0 Å². The molecule has 0 aliphatic carbocycles. The lowest BCUT2D eigenvalue weighted by atomic mass is 9.88. The number of hydrogen-bond donors (Lipinski definition) is 2. The van der Waals surface area contributed by atoms with Crippen molar-refractivity contribution in [3.05, 3.63) is 29.8 Å². The summed E-state index contributed by atoms with van der Waals surface area (Å²) < 4.78 is 0. The number of Topliss-reactive ketones (excluding diaryl/α,β-unsaturated/α-hetero) is 2. The summed E-state index contributed by atoms with van der Waals surface area (Å²) in [6, 6.07) is 5.87. The fourth-order valence-electron chi connectivity index (χ4n) is 3.48. The number of phenolic OH excluding ortho intramolecular Hbond substituents is 1. The van der Waals surface area contributed by atoms with Gasteiger partial charge in [-0.05, 0) is 48.3 Å². The summed E-state index contributed by atoms with van der Waals surface area (Å²) in [7, 11) is 1.63. The third-order valence-electron chi connectivity index (χ3n) is 5.30. The molecule has 1 aromatic rings. The molecular formula is C25H40N2O4. The van der Waals surface area contributed by atoms with Crippen molar-refractivity contribution in [2.45, 2.75) is 72.8 Å². The highest BCUT2D eigenvalue weighted by atomic mass is 16.3. The molecule has 0 bridgehead atoms. The highest BCUT2D eigenvalue weighted by Crippen LogP contribution is 2.22.